The standard InChI is InChI=1S/C20H19N/c1-16-10-5-3-8-13-19-18(17-11-6-4-7-12-17)14-9-15-20(19)21(16)2/h3-12,14-15H,1,13H2,2H3/b8-3-,10-5-. The molecule has 1 aliphatic rings. The summed E-state index contributed by atoms with van der Waals surface area (Å²) in [6.07, 6.45) is 9.31. The predicted molar refractivity (Wildman–Crippen MR) is 91.4 cm³/mol. The van der Waals surface area contributed by atoms with Crippen LogP contribution >= 0.6 is 0 Å². The first-order valence-electron chi connectivity index (χ1n) is 7.20. The number of fused-ring (bicyclic) bond motifs is 1. The summed E-state index contributed by atoms with van der Waals surface area (Å²) in [4.78, 5) is 2.16. The molecule has 0 bridgehead atoms. The second kappa shape index (κ2) is 5.84. The third kappa shape index (κ3) is 2.68. The smallest absolute Gasteiger partial charge is 0.0449 e. The summed E-state index contributed by atoms with van der Waals surface area (Å²) in [6.45, 7) is 4.15. The molecule has 104 valence electrons. The molecule has 0 radical (unpaired) electrons. The number of hydrogen-bond acceptors (Lipinski definition) is 1. The maximum atomic E-state index is 4.15. The molecule has 0 saturated carbocycles. The molecule has 2 aromatic carbocycles. The van der Waals surface area contributed by atoms with Gasteiger partial charge < -0.3 is 4.90 Å². The highest BCUT2D eigenvalue weighted by molar-refractivity contribution is 5.76. The third-order valence-electron chi connectivity index (χ3n) is 3.89. The molecule has 21 heavy (non-hydrogen) atoms. The number of likely N-dealkylation sites (N-methyl/N-ethyl adjacent to an activating group) is 1. The van der Waals surface area contributed by atoms with Crippen LogP contribution in [0.1, 0.15) is 5.56 Å². The third-order valence-corrected chi connectivity index (χ3v) is 3.89. The van der Waals surface area contributed by atoms with Crippen LogP contribution in [0.25, 0.3) is 11.1 Å². The number of anilines is 1. The van der Waals surface area contributed by atoms with Gasteiger partial charge in [-0.15, -0.1) is 0 Å². The van der Waals surface area contributed by atoms with Crippen LogP contribution in [0, 0.1) is 0 Å². The van der Waals surface area contributed by atoms with Crippen molar-refractivity contribution in [1.82, 2.24) is 0 Å². The summed E-state index contributed by atoms with van der Waals surface area (Å²) >= 11 is 0. The highest BCUT2D eigenvalue weighted by Gasteiger charge is 2.13. The lowest BCUT2D eigenvalue weighted by Gasteiger charge is -2.24. The van der Waals surface area contributed by atoms with E-state index in [1.54, 1.807) is 0 Å². The Morgan fingerprint density at radius 3 is 2.57 bits per heavy atom. The highest BCUT2D eigenvalue weighted by atomic mass is 15.1. The van der Waals surface area contributed by atoms with Crippen molar-refractivity contribution in [3.05, 3.63) is 90.7 Å². The number of benzene rings is 2. The van der Waals surface area contributed by atoms with Gasteiger partial charge in [0.15, 0.2) is 0 Å². The van der Waals surface area contributed by atoms with Gasteiger partial charge in [0.2, 0.25) is 0 Å². The van der Waals surface area contributed by atoms with E-state index in [9.17, 15) is 0 Å². The normalized spacial score (nSPS) is 17.4. The fraction of sp³-hybridized carbons (Fsp3) is 0.100. The lowest BCUT2D eigenvalue weighted by molar-refractivity contribution is 1.11. The van der Waals surface area contributed by atoms with E-state index in [1.807, 2.05) is 12.2 Å². The van der Waals surface area contributed by atoms with Crippen molar-refractivity contribution in [3.8, 4) is 11.1 Å². The molecule has 1 nitrogen and oxygen atoms in total. The van der Waals surface area contributed by atoms with Crippen molar-refractivity contribution in [2.45, 2.75) is 6.42 Å². The highest BCUT2D eigenvalue weighted by Crippen LogP contribution is 2.33. The monoisotopic (exact) mass is 273 g/mol. The molecule has 0 N–H and O–H groups in total. The first-order valence-corrected chi connectivity index (χ1v) is 7.20. The molecular formula is C20H19N. The van der Waals surface area contributed by atoms with Crippen LogP contribution in [0.5, 0.6) is 0 Å². The molecule has 0 aliphatic carbocycles. The quantitative estimate of drug-likeness (QED) is 0.709. The van der Waals surface area contributed by atoms with Crippen LogP contribution in [0.3, 0.4) is 0 Å². The van der Waals surface area contributed by atoms with E-state index in [-0.39, 0.29) is 0 Å². The van der Waals surface area contributed by atoms with Gasteiger partial charge in [-0.3, -0.25) is 0 Å². The number of allylic oxidation sites excluding steroid dienone is 4. The molecule has 1 heterocycles. The Hall–Kier alpha value is -2.54. The molecule has 0 amide bonds. The molecular weight excluding hydrogens is 254 g/mol. The second-order valence-corrected chi connectivity index (χ2v) is 5.21. The van der Waals surface area contributed by atoms with Crippen molar-refractivity contribution in [1.29, 1.82) is 0 Å². The van der Waals surface area contributed by atoms with Crippen molar-refractivity contribution < 1.29 is 0 Å². The average molecular weight is 273 g/mol. The Morgan fingerprint density at radius 2 is 1.76 bits per heavy atom. The molecule has 0 spiro atoms. The summed E-state index contributed by atoms with van der Waals surface area (Å²) in [5, 5.41) is 0. The maximum Gasteiger partial charge on any atom is 0.0449 e. The summed E-state index contributed by atoms with van der Waals surface area (Å²) in [6, 6.07) is 17.0. The van der Waals surface area contributed by atoms with Crippen molar-refractivity contribution >= 4 is 5.69 Å². The Kier molecular flexibility index (Phi) is 3.74. The zero-order valence-electron chi connectivity index (χ0n) is 12.3. The number of nitrogens with zero attached hydrogens (tertiary/aromatic N) is 1. The number of rotatable bonds is 1. The van der Waals surface area contributed by atoms with E-state index in [0.29, 0.717) is 0 Å². The fourth-order valence-electron chi connectivity index (χ4n) is 2.69. The van der Waals surface area contributed by atoms with Crippen LogP contribution in [0.4, 0.5) is 5.69 Å². The van der Waals surface area contributed by atoms with E-state index < -0.39 is 0 Å². The van der Waals surface area contributed by atoms with Gasteiger partial charge in [-0.25, -0.2) is 0 Å². The zero-order chi connectivity index (χ0) is 14.7. The average Bonchev–Trinajstić information content (AvgIpc) is 2.60. The summed E-state index contributed by atoms with van der Waals surface area (Å²) < 4.78 is 0. The Labute approximate surface area is 126 Å². The Morgan fingerprint density at radius 1 is 0.952 bits per heavy atom. The molecule has 0 atom stereocenters. The Balaban J connectivity index is 2.18. The molecule has 0 fully saturated rings. The van der Waals surface area contributed by atoms with Crippen LogP contribution < -0.4 is 4.90 Å². The molecule has 1 heteroatoms. The van der Waals surface area contributed by atoms with Gasteiger partial charge in [-0.1, -0.05) is 67.3 Å². The molecule has 1 aliphatic heterocycles. The van der Waals surface area contributed by atoms with Crippen LogP contribution in [-0.4, -0.2) is 7.05 Å². The van der Waals surface area contributed by atoms with Crippen molar-refractivity contribution in [2.75, 3.05) is 11.9 Å². The van der Waals surface area contributed by atoms with E-state index in [0.717, 1.165) is 12.1 Å². The van der Waals surface area contributed by atoms with Gasteiger partial charge in [0.1, 0.15) is 0 Å². The lowest BCUT2D eigenvalue weighted by atomic mass is 9.95. The predicted octanol–water partition coefficient (Wildman–Crippen LogP) is 4.97. The van der Waals surface area contributed by atoms with E-state index >= 15 is 0 Å². The minimum atomic E-state index is 0.919. The van der Waals surface area contributed by atoms with Crippen LogP contribution in [0.15, 0.2) is 85.1 Å². The SMILES string of the molecule is C=C1/C=C\C=C/Cc2c(-c3ccccc3)cccc2N1C. The van der Waals surface area contributed by atoms with E-state index in [1.165, 1.54) is 22.4 Å². The van der Waals surface area contributed by atoms with Gasteiger partial charge in [-0.2, -0.15) is 0 Å². The lowest BCUT2D eigenvalue weighted by Crippen LogP contribution is -2.16. The van der Waals surface area contributed by atoms with Crippen LogP contribution in [0.2, 0.25) is 0 Å². The Bertz CT molecular complexity index is 708. The van der Waals surface area contributed by atoms with Crippen molar-refractivity contribution in [3.63, 3.8) is 0 Å². The molecule has 0 aromatic heterocycles. The zero-order valence-corrected chi connectivity index (χ0v) is 12.3. The summed E-state index contributed by atoms with van der Waals surface area (Å²) in [7, 11) is 2.08. The summed E-state index contributed by atoms with van der Waals surface area (Å²) in [5.74, 6) is 0. The van der Waals surface area contributed by atoms with E-state index in [4.69, 9.17) is 0 Å². The summed E-state index contributed by atoms with van der Waals surface area (Å²) in [5.41, 5.74) is 6.10. The maximum absolute atomic E-state index is 4.15. The minimum absolute atomic E-state index is 0.919. The topological polar surface area (TPSA) is 3.24 Å². The largest absolute Gasteiger partial charge is 0.345 e. The van der Waals surface area contributed by atoms with Crippen LogP contribution in [-0.2, 0) is 6.42 Å². The molecule has 3 rings (SSSR count). The minimum Gasteiger partial charge on any atom is -0.345 e. The van der Waals surface area contributed by atoms with Gasteiger partial charge in [-0.05, 0) is 35.3 Å². The van der Waals surface area contributed by atoms with Gasteiger partial charge in [0.05, 0.1) is 0 Å². The molecule has 2 aromatic rings. The van der Waals surface area contributed by atoms with Gasteiger partial charge >= 0.3 is 0 Å². The van der Waals surface area contributed by atoms with Gasteiger partial charge in [0, 0.05) is 18.4 Å². The first kappa shape index (κ1) is 13.4. The second-order valence-electron chi connectivity index (χ2n) is 5.21. The first-order chi connectivity index (χ1) is 10.3. The number of hydrogen-bond donors (Lipinski definition) is 0. The molecule has 0 saturated heterocycles. The fourth-order valence-corrected chi connectivity index (χ4v) is 2.69. The van der Waals surface area contributed by atoms with E-state index in [2.05, 4.69) is 79.2 Å². The molecule has 0 unspecified atom stereocenters. The van der Waals surface area contributed by atoms with Gasteiger partial charge in [0.25, 0.3) is 0 Å². The van der Waals surface area contributed by atoms with Crippen molar-refractivity contribution in [2.24, 2.45) is 0 Å².